The van der Waals surface area contributed by atoms with Crippen molar-refractivity contribution >= 4 is 73.2 Å². The van der Waals surface area contributed by atoms with Crippen molar-refractivity contribution < 1.29 is 28.9 Å². The van der Waals surface area contributed by atoms with Crippen molar-refractivity contribution in [1.82, 2.24) is 10.3 Å². The van der Waals surface area contributed by atoms with E-state index in [2.05, 4.69) is 101 Å². The monoisotopic (exact) mass is 819 g/mol. The number of benzene rings is 5. The number of aromatic hydroxyl groups is 1. The number of nitrogens with zero attached hydrogens (tertiary/aromatic N) is 2. The van der Waals surface area contributed by atoms with Crippen LogP contribution in [0.25, 0.3) is 10.2 Å². The summed E-state index contributed by atoms with van der Waals surface area (Å²) in [4.78, 5) is 33.8. The molecule has 6 aromatic rings. The average molecular weight is 820 g/mol. The van der Waals surface area contributed by atoms with Gasteiger partial charge in [-0.05, 0) is 19.1 Å². The Morgan fingerprint density at radius 2 is 1.44 bits per heavy atom. The molecule has 2 N–H and O–H groups in total. The van der Waals surface area contributed by atoms with Gasteiger partial charge in [0.1, 0.15) is 27.6 Å². The first-order valence-electron chi connectivity index (χ1n) is 19.1. The van der Waals surface area contributed by atoms with Crippen LogP contribution in [0, 0.1) is 0 Å². The zero-order chi connectivity index (χ0) is 39.6. The van der Waals surface area contributed by atoms with Crippen molar-refractivity contribution in [2.45, 2.75) is 38.6 Å². The predicted octanol–water partition coefficient (Wildman–Crippen LogP) is 8.04. The number of phenolic OH excluding ortho intramolecular Hbond substituents is 1. The van der Waals surface area contributed by atoms with Gasteiger partial charge in [0.05, 0.1) is 17.3 Å². The zero-order valence-electron chi connectivity index (χ0n) is 32.0. The number of rotatable bonds is 18. The average Bonchev–Trinajstić information content (AvgIpc) is 3.91. The number of unbranched alkanes of at least 4 members (excludes halogenated alkanes) is 3. The number of Topliss-reactive ketones (excluding diaryl/α,β-unsaturated/α-hetero) is 1. The molecule has 0 radical (unpaired) electrons. The van der Waals surface area contributed by atoms with Crippen LogP contribution >= 0.6 is 30.4 Å². The Labute approximate surface area is 341 Å². The van der Waals surface area contributed by atoms with Gasteiger partial charge in [-0.1, -0.05) is 0 Å². The molecule has 2 heterocycles. The predicted molar refractivity (Wildman–Crippen MR) is 236 cm³/mol. The summed E-state index contributed by atoms with van der Waals surface area (Å²) in [7, 11) is -0.813. The Bertz CT molecular complexity index is 2240. The van der Waals surface area contributed by atoms with Crippen LogP contribution < -0.4 is 35.4 Å². The molecule has 1 aliphatic rings. The Morgan fingerprint density at radius 3 is 2.05 bits per heavy atom. The SMILES string of the molecule is COc1cc(Oc2ccc3nc(C4=N[C@@H](C(C)=O)CS4)sc3c2)cc(OCC(=O)NCCCCCC[PH](c2ccccc2)(c2ccccc2)c2ccccc2)c1O. The molecular weight excluding hydrogens is 774 g/mol. The van der Waals surface area contributed by atoms with Crippen molar-refractivity contribution in [3.8, 4) is 28.7 Å². The van der Waals surface area contributed by atoms with Crippen molar-refractivity contribution in [2.24, 2.45) is 4.99 Å². The van der Waals surface area contributed by atoms with E-state index in [1.54, 1.807) is 30.8 Å². The smallest absolute Gasteiger partial charge is 0.502 e. The number of ketones is 1. The first-order valence-corrected chi connectivity index (χ1v) is 23.1. The van der Waals surface area contributed by atoms with E-state index >= 15 is 0 Å². The molecule has 1 amide bonds. The molecule has 0 spiro atoms. The van der Waals surface area contributed by atoms with Gasteiger partial charge in [-0.25, -0.2) is 4.98 Å². The van der Waals surface area contributed by atoms with E-state index in [1.807, 2.05) is 12.1 Å². The summed E-state index contributed by atoms with van der Waals surface area (Å²) in [5.41, 5.74) is 0.799. The molecule has 0 unspecified atom stereocenters. The summed E-state index contributed by atoms with van der Waals surface area (Å²) < 4.78 is 18.2. The maximum absolute atomic E-state index is 12.8. The molecular formula is C45H46N3O6PS2. The number of carbonyl (C=O) groups is 2. The van der Waals surface area contributed by atoms with Gasteiger partial charge < -0.3 is 14.6 Å². The molecule has 294 valence electrons. The number of carbonyl (C=O) groups excluding carboxylic acids is 2. The number of thiazole rings is 1. The number of ether oxygens (including phenoxy) is 3. The van der Waals surface area contributed by atoms with E-state index in [4.69, 9.17) is 19.2 Å². The number of aromatic nitrogens is 1. The summed E-state index contributed by atoms with van der Waals surface area (Å²) in [6, 6.07) is 41.2. The molecule has 1 aromatic heterocycles. The summed E-state index contributed by atoms with van der Waals surface area (Å²) >= 11 is 3.02. The fourth-order valence-corrected chi connectivity index (χ4v) is 14.3. The summed E-state index contributed by atoms with van der Waals surface area (Å²) in [5.74, 6) is 1.31. The second-order valence-electron chi connectivity index (χ2n) is 13.9. The molecule has 0 saturated heterocycles. The van der Waals surface area contributed by atoms with Crippen LogP contribution in [0.2, 0.25) is 0 Å². The second kappa shape index (κ2) is 18.8. The van der Waals surface area contributed by atoms with Gasteiger partial charge in [0.25, 0.3) is 0 Å². The number of aliphatic imine (C=N–C) groups is 1. The standard InChI is InChI=1S/C45H46N3O6PS2/c1-31(49)38-30-56-44(48-38)45-47-37-23-22-32(28-41(37)57-45)54-33-26-39(52-2)43(51)40(27-33)53-29-42(50)46-24-14-3-4-15-25-55(34-16-8-5-9-17-34,35-18-10-6-11-19-35)36-20-12-7-13-21-36/h5-13,16-23,26-28,38,51,55H,3-4,14-15,24-25,29-30H2,1-2H3,(H,46,50)/t38-/m1/s1. The Kier molecular flexibility index (Phi) is 13.2. The summed E-state index contributed by atoms with van der Waals surface area (Å²) in [6.45, 7) is 1.81. The third kappa shape index (κ3) is 9.50. The van der Waals surface area contributed by atoms with Crippen LogP contribution in [0.15, 0.2) is 126 Å². The fraction of sp³-hybridized carbons (Fsp3) is 0.244. The normalized spacial score (nSPS) is 14.2. The molecule has 12 heteroatoms. The van der Waals surface area contributed by atoms with Gasteiger partial charge >= 0.3 is 197 Å². The van der Waals surface area contributed by atoms with Crippen molar-refractivity contribution in [1.29, 1.82) is 0 Å². The van der Waals surface area contributed by atoms with Crippen molar-refractivity contribution in [2.75, 3.05) is 32.2 Å². The van der Waals surface area contributed by atoms with Crippen LogP contribution in [0.4, 0.5) is 0 Å². The number of hydrogen-bond acceptors (Lipinski definition) is 10. The Hall–Kier alpha value is -5.22. The second-order valence-corrected chi connectivity index (χ2v) is 20.0. The van der Waals surface area contributed by atoms with Gasteiger partial charge in [0.15, 0.2) is 11.5 Å². The van der Waals surface area contributed by atoms with Crippen LogP contribution in [-0.4, -0.2) is 65.0 Å². The van der Waals surface area contributed by atoms with E-state index in [1.165, 1.54) is 40.4 Å². The molecule has 1 aliphatic heterocycles. The van der Waals surface area contributed by atoms with Gasteiger partial charge in [0, 0.05) is 17.9 Å². The number of thioether (sulfide) groups is 1. The first kappa shape index (κ1) is 40.0. The Morgan fingerprint density at radius 1 is 0.807 bits per heavy atom. The van der Waals surface area contributed by atoms with Gasteiger partial charge in [-0.2, -0.15) is 0 Å². The molecule has 0 fully saturated rings. The van der Waals surface area contributed by atoms with Crippen LogP contribution in [0.5, 0.6) is 28.7 Å². The van der Waals surface area contributed by atoms with E-state index < -0.39 is 7.26 Å². The van der Waals surface area contributed by atoms with Crippen LogP contribution in [0.1, 0.15) is 37.6 Å². The topological polar surface area (TPSA) is 119 Å². The molecule has 7 rings (SSSR count). The fourth-order valence-electron chi connectivity index (χ4n) is 7.17. The number of amides is 1. The van der Waals surface area contributed by atoms with Crippen molar-refractivity contribution in [3.63, 3.8) is 0 Å². The molecule has 1 atom stereocenters. The summed E-state index contributed by atoms with van der Waals surface area (Å²) in [6.07, 6.45) is 5.08. The van der Waals surface area contributed by atoms with E-state index in [0.717, 1.165) is 52.1 Å². The molecule has 5 aromatic carbocycles. The molecule has 9 nitrogen and oxygen atoms in total. The minimum atomic E-state index is -2.25. The third-order valence-corrected chi connectivity index (χ3v) is 17.4. The minimum absolute atomic E-state index is 0.0512. The summed E-state index contributed by atoms with van der Waals surface area (Å²) in [5, 5.41) is 19.5. The molecule has 57 heavy (non-hydrogen) atoms. The zero-order valence-corrected chi connectivity index (χ0v) is 34.6. The number of nitrogens with one attached hydrogen (secondary N) is 1. The number of hydrogen-bond donors (Lipinski definition) is 2. The van der Waals surface area contributed by atoms with Crippen molar-refractivity contribution in [3.05, 3.63) is 126 Å². The molecule has 0 saturated carbocycles. The van der Waals surface area contributed by atoms with Crippen LogP contribution in [0.3, 0.4) is 0 Å². The third-order valence-electron chi connectivity index (χ3n) is 10.1. The van der Waals surface area contributed by atoms with Gasteiger partial charge in [-0.3, -0.25) is 9.79 Å². The first-order chi connectivity index (χ1) is 27.8. The number of phenols is 1. The maximum atomic E-state index is 12.8. The quantitative estimate of drug-likeness (QED) is 0.0661. The Balaban J connectivity index is 0.913. The van der Waals surface area contributed by atoms with E-state index in [0.29, 0.717) is 23.8 Å². The molecule has 0 bridgehead atoms. The van der Waals surface area contributed by atoms with E-state index in [-0.39, 0.29) is 41.6 Å². The van der Waals surface area contributed by atoms with Gasteiger partial charge in [0.2, 0.25) is 0 Å². The minimum Gasteiger partial charge on any atom is -0.502 e. The van der Waals surface area contributed by atoms with Crippen LogP contribution in [-0.2, 0) is 9.59 Å². The number of methoxy groups -OCH3 is 1. The van der Waals surface area contributed by atoms with Gasteiger partial charge in [-0.15, -0.1) is 23.1 Å². The molecule has 0 aliphatic carbocycles. The number of fused-ring (bicyclic) bond motifs is 1. The van der Waals surface area contributed by atoms with E-state index in [9.17, 15) is 14.7 Å².